The maximum Gasteiger partial charge on any atom is 0.307 e. The highest BCUT2D eigenvalue weighted by atomic mass is 32.2. The normalized spacial score (nSPS) is 22.5. The van der Waals surface area contributed by atoms with Crippen molar-refractivity contribution in [1.29, 1.82) is 0 Å². The molecule has 112 valence electrons. The van der Waals surface area contributed by atoms with Gasteiger partial charge in [0.15, 0.2) is 0 Å². The van der Waals surface area contributed by atoms with Gasteiger partial charge >= 0.3 is 5.97 Å². The van der Waals surface area contributed by atoms with Gasteiger partial charge in [0.25, 0.3) is 10.0 Å². The highest BCUT2D eigenvalue weighted by Crippen LogP contribution is 2.30. The van der Waals surface area contributed by atoms with Gasteiger partial charge in [0.1, 0.15) is 0 Å². The fraction of sp³-hybridized carbons (Fsp3) is 0.357. The predicted molar refractivity (Wildman–Crippen MR) is 74.0 cm³/mol. The molecule has 1 atom stereocenters. The molecule has 3 rings (SSSR count). The van der Waals surface area contributed by atoms with Gasteiger partial charge in [0.05, 0.1) is 24.0 Å². The lowest BCUT2D eigenvalue weighted by Gasteiger charge is -2.14. The third-order valence-corrected chi connectivity index (χ3v) is 5.41. The molecular weight excluding hydrogens is 294 g/mol. The molecule has 1 aromatic rings. The second-order valence-corrected chi connectivity index (χ2v) is 7.19. The van der Waals surface area contributed by atoms with Crippen molar-refractivity contribution in [3.63, 3.8) is 0 Å². The summed E-state index contributed by atoms with van der Waals surface area (Å²) >= 11 is 0. The molecule has 7 heteroatoms. The Bertz CT molecular complexity index is 725. The average Bonchev–Trinajstić information content (AvgIpc) is 3.03. The molecule has 6 nitrogen and oxygen atoms in total. The third-order valence-electron chi connectivity index (χ3n) is 3.79. The number of aliphatic carboxylic acids is 1. The van der Waals surface area contributed by atoms with Gasteiger partial charge < -0.3 is 5.11 Å². The van der Waals surface area contributed by atoms with Gasteiger partial charge in [-0.1, -0.05) is 17.1 Å². The molecular formula is C14H15NO5S. The van der Waals surface area contributed by atoms with Crippen molar-refractivity contribution in [2.45, 2.75) is 17.7 Å². The van der Waals surface area contributed by atoms with Crippen LogP contribution < -0.4 is 0 Å². The van der Waals surface area contributed by atoms with Crippen LogP contribution in [0.5, 0.6) is 0 Å². The number of rotatable bonds is 3. The molecule has 0 aromatic heterocycles. The van der Waals surface area contributed by atoms with Gasteiger partial charge in [-0.25, -0.2) is 8.42 Å². The van der Waals surface area contributed by atoms with E-state index in [1.165, 1.54) is 6.07 Å². The molecule has 21 heavy (non-hydrogen) atoms. The summed E-state index contributed by atoms with van der Waals surface area (Å²) in [6, 6.07) is 4.75. The summed E-state index contributed by atoms with van der Waals surface area (Å²) in [5.41, 5.74) is 2.38. The molecule has 1 unspecified atom stereocenters. The van der Waals surface area contributed by atoms with Crippen molar-refractivity contribution >= 4 is 16.0 Å². The van der Waals surface area contributed by atoms with Gasteiger partial charge in [-0.05, 0) is 41.7 Å². The van der Waals surface area contributed by atoms with Crippen LogP contribution in [0.15, 0.2) is 35.2 Å². The van der Waals surface area contributed by atoms with Gasteiger partial charge in [0.2, 0.25) is 0 Å². The van der Waals surface area contributed by atoms with Crippen LogP contribution in [0.2, 0.25) is 0 Å². The number of nitrogens with zero attached hydrogens (tertiary/aromatic N) is 1. The van der Waals surface area contributed by atoms with E-state index < -0.39 is 21.9 Å². The zero-order valence-corrected chi connectivity index (χ0v) is 12.1. The zero-order chi connectivity index (χ0) is 15.2. The van der Waals surface area contributed by atoms with E-state index in [9.17, 15) is 13.2 Å². The molecule has 1 heterocycles. The minimum absolute atomic E-state index is 0.127. The van der Waals surface area contributed by atoms with Crippen LogP contribution >= 0.6 is 0 Å². The fourth-order valence-corrected chi connectivity index (χ4v) is 3.95. The highest BCUT2D eigenvalue weighted by Gasteiger charge is 2.33. The maximum atomic E-state index is 12.4. The largest absolute Gasteiger partial charge is 0.481 e. The van der Waals surface area contributed by atoms with Crippen LogP contribution in [0.4, 0.5) is 0 Å². The van der Waals surface area contributed by atoms with Crippen molar-refractivity contribution in [2.75, 3.05) is 13.2 Å². The number of hydroxylamine groups is 1. The van der Waals surface area contributed by atoms with E-state index in [1.807, 2.05) is 0 Å². The predicted octanol–water partition coefficient (Wildman–Crippen LogP) is 0.978. The van der Waals surface area contributed by atoms with E-state index in [1.54, 1.807) is 12.1 Å². The number of carbonyl (C=O) groups is 1. The van der Waals surface area contributed by atoms with Crippen LogP contribution in [0, 0.1) is 5.92 Å². The Labute approximate surface area is 122 Å². The summed E-state index contributed by atoms with van der Waals surface area (Å²) < 4.78 is 25.8. The average molecular weight is 309 g/mol. The molecule has 1 N–H and O–H groups in total. The number of hydrogen-bond acceptors (Lipinski definition) is 4. The molecule has 2 aliphatic rings. The van der Waals surface area contributed by atoms with E-state index in [0.29, 0.717) is 18.4 Å². The monoisotopic (exact) mass is 309 g/mol. The standard InChI is InChI=1S/C14H15NO5S/c1-9-7-15(20-8-9)21(18,19)13-3-2-10-4-12(14(16)17)5-11(10)6-13/h2-3,6,12H,1,4-5,7-8H2,(H,16,17). The first-order valence-corrected chi connectivity index (χ1v) is 7.99. The Balaban J connectivity index is 1.90. The molecule has 1 aromatic carbocycles. The Morgan fingerprint density at radius 2 is 2.05 bits per heavy atom. The molecule has 1 saturated heterocycles. The van der Waals surface area contributed by atoms with E-state index in [-0.39, 0.29) is 18.0 Å². The highest BCUT2D eigenvalue weighted by molar-refractivity contribution is 7.89. The Morgan fingerprint density at radius 1 is 1.33 bits per heavy atom. The topological polar surface area (TPSA) is 83.9 Å². The summed E-state index contributed by atoms with van der Waals surface area (Å²) in [4.78, 5) is 16.3. The van der Waals surface area contributed by atoms with Gasteiger partial charge in [0, 0.05) is 0 Å². The van der Waals surface area contributed by atoms with Crippen molar-refractivity contribution in [3.05, 3.63) is 41.5 Å². The van der Waals surface area contributed by atoms with Crippen LogP contribution in [0.1, 0.15) is 11.1 Å². The quantitative estimate of drug-likeness (QED) is 0.841. The van der Waals surface area contributed by atoms with Crippen LogP contribution in [-0.4, -0.2) is 37.1 Å². The number of benzene rings is 1. The molecule has 1 aliphatic carbocycles. The second kappa shape index (κ2) is 4.94. The summed E-state index contributed by atoms with van der Waals surface area (Å²) in [5.74, 6) is -1.32. The molecule has 0 saturated carbocycles. The minimum atomic E-state index is -3.73. The van der Waals surface area contributed by atoms with Gasteiger partial charge in [-0.2, -0.15) is 0 Å². The van der Waals surface area contributed by atoms with Crippen molar-refractivity contribution in [3.8, 4) is 0 Å². The Kier molecular flexibility index (Phi) is 3.35. The maximum absolute atomic E-state index is 12.4. The smallest absolute Gasteiger partial charge is 0.307 e. The molecule has 0 amide bonds. The minimum Gasteiger partial charge on any atom is -0.481 e. The molecule has 1 fully saturated rings. The summed E-state index contributed by atoms with van der Waals surface area (Å²) in [6.45, 7) is 4.05. The van der Waals surface area contributed by atoms with Crippen LogP contribution in [-0.2, 0) is 32.5 Å². The molecule has 1 aliphatic heterocycles. The first kappa shape index (κ1) is 14.2. The SMILES string of the molecule is C=C1CON(S(=O)(=O)c2ccc3c(c2)CC(C(=O)O)C3)C1. The summed E-state index contributed by atoms with van der Waals surface area (Å²) in [5, 5.41) is 9.06. The second-order valence-electron chi connectivity index (χ2n) is 5.36. The van der Waals surface area contributed by atoms with Gasteiger partial charge in [-0.3, -0.25) is 9.63 Å². The van der Waals surface area contributed by atoms with Crippen molar-refractivity contribution in [2.24, 2.45) is 5.92 Å². The van der Waals surface area contributed by atoms with Gasteiger partial charge in [-0.15, -0.1) is 0 Å². The van der Waals surface area contributed by atoms with Crippen LogP contribution in [0.3, 0.4) is 0 Å². The summed E-state index contributed by atoms with van der Waals surface area (Å²) in [6.07, 6.45) is 0.809. The van der Waals surface area contributed by atoms with Crippen molar-refractivity contribution < 1.29 is 23.2 Å². The summed E-state index contributed by atoms with van der Waals surface area (Å²) in [7, 11) is -3.73. The fourth-order valence-electron chi connectivity index (χ4n) is 2.64. The number of hydrogen-bond donors (Lipinski definition) is 1. The third kappa shape index (κ3) is 2.48. The Morgan fingerprint density at radius 3 is 2.67 bits per heavy atom. The molecule has 0 bridgehead atoms. The van der Waals surface area contributed by atoms with E-state index in [2.05, 4.69) is 6.58 Å². The number of carboxylic acid groups (broad SMARTS) is 1. The Hall–Kier alpha value is -1.70. The van der Waals surface area contributed by atoms with Crippen molar-refractivity contribution in [1.82, 2.24) is 4.47 Å². The van der Waals surface area contributed by atoms with E-state index in [0.717, 1.165) is 15.6 Å². The number of carboxylic acids is 1. The van der Waals surface area contributed by atoms with E-state index in [4.69, 9.17) is 9.94 Å². The lowest BCUT2D eigenvalue weighted by molar-refractivity contribution is -0.141. The molecule has 0 radical (unpaired) electrons. The lowest BCUT2D eigenvalue weighted by Crippen LogP contribution is -2.27. The first-order valence-electron chi connectivity index (χ1n) is 6.55. The van der Waals surface area contributed by atoms with Crippen LogP contribution in [0.25, 0.3) is 0 Å². The first-order chi connectivity index (χ1) is 9.88. The number of sulfonamides is 1. The zero-order valence-electron chi connectivity index (χ0n) is 11.3. The number of fused-ring (bicyclic) bond motifs is 1. The lowest BCUT2D eigenvalue weighted by atomic mass is 10.1. The van der Waals surface area contributed by atoms with E-state index >= 15 is 0 Å². The molecule has 0 spiro atoms.